The first-order valence-corrected chi connectivity index (χ1v) is 5.49. The number of aryl methyl sites for hydroxylation is 1. The summed E-state index contributed by atoms with van der Waals surface area (Å²) in [6.07, 6.45) is 6.89. The topological polar surface area (TPSA) is 9.23 Å². The molecule has 0 aromatic heterocycles. The van der Waals surface area contributed by atoms with Crippen molar-refractivity contribution in [2.75, 3.05) is 0 Å². The summed E-state index contributed by atoms with van der Waals surface area (Å²) in [5, 5.41) is 0. The van der Waals surface area contributed by atoms with Crippen molar-refractivity contribution < 1.29 is 21.7 Å². The summed E-state index contributed by atoms with van der Waals surface area (Å²) in [5.74, 6) is 1.01. The predicted molar refractivity (Wildman–Crippen MR) is 63.3 cm³/mol. The number of rotatable bonds is 2. The average Bonchev–Trinajstić information content (AvgIpc) is 2.23. The molecule has 0 amide bonds. The Morgan fingerprint density at radius 1 is 1.25 bits per heavy atom. The molecule has 0 aliphatic heterocycles. The molecule has 16 heavy (non-hydrogen) atoms. The van der Waals surface area contributed by atoms with Crippen LogP contribution in [0.15, 0.2) is 18.2 Å². The minimum absolute atomic E-state index is 0. The molecule has 1 nitrogen and oxygen atoms in total. The molecule has 84 valence electrons. The van der Waals surface area contributed by atoms with Gasteiger partial charge in [0.2, 0.25) is 0 Å². The van der Waals surface area contributed by atoms with Crippen molar-refractivity contribution in [1.29, 1.82) is 0 Å². The zero-order valence-corrected chi connectivity index (χ0v) is 12.8. The van der Waals surface area contributed by atoms with Gasteiger partial charge >= 0.3 is 23.1 Å². The van der Waals surface area contributed by atoms with Crippen LogP contribution in [0.25, 0.3) is 0 Å². The second-order valence-electron chi connectivity index (χ2n) is 4.07. The molecular formula is C13H17BrMgO. The molecule has 0 spiro atoms. The van der Waals surface area contributed by atoms with Crippen molar-refractivity contribution in [1.82, 2.24) is 0 Å². The van der Waals surface area contributed by atoms with Gasteiger partial charge in [0.15, 0.2) is 0 Å². The van der Waals surface area contributed by atoms with Gasteiger partial charge in [0.05, 0.1) is 6.10 Å². The summed E-state index contributed by atoms with van der Waals surface area (Å²) in [6.45, 7) is 2.09. The Morgan fingerprint density at radius 3 is 2.56 bits per heavy atom. The molecule has 1 aliphatic carbocycles. The molecule has 0 bridgehead atoms. The van der Waals surface area contributed by atoms with E-state index < -0.39 is 0 Å². The summed E-state index contributed by atoms with van der Waals surface area (Å²) in [4.78, 5) is 0. The Balaban J connectivity index is 0.00000112. The normalized spacial score (nSPS) is 15.8. The van der Waals surface area contributed by atoms with Gasteiger partial charge in [-0.2, -0.15) is 18.2 Å². The van der Waals surface area contributed by atoms with Crippen molar-refractivity contribution >= 4 is 23.1 Å². The Labute approximate surface area is 125 Å². The van der Waals surface area contributed by atoms with Gasteiger partial charge < -0.3 is 21.7 Å². The molecule has 0 heterocycles. The third-order valence-corrected chi connectivity index (χ3v) is 2.88. The number of benzene rings is 1. The molecule has 3 heteroatoms. The molecule has 0 radical (unpaired) electrons. The Bertz CT molecular complexity index is 298. The molecule has 1 fully saturated rings. The van der Waals surface area contributed by atoms with Gasteiger partial charge in [-0.1, -0.05) is 13.3 Å². The van der Waals surface area contributed by atoms with Gasteiger partial charge in [-0.3, -0.25) is 0 Å². The molecule has 1 aliphatic rings. The van der Waals surface area contributed by atoms with E-state index in [9.17, 15) is 0 Å². The molecular weight excluding hydrogens is 276 g/mol. The SMILES string of the molecule is Cc1cc[c-]cc1OC1CCCCC1.[Br-].[Mg+2]. The van der Waals surface area contributed by atoms with Crippen LogP contribution >= 0.6 is 0 Å². The maximum absolute atomic E-state index is 5.95. The fourth-order valence-corrected chi connectivity index (χ4v) is 1.98. The maximum atomic E-state index is 5.95. The smallest absolute Gasteiger partial charge is 1.00 e. The second kappa shape index (κ2) is 8.37. The van der Waals surface area contributed by atoms with Crippen molar-refractivity contribution in [3.63, 3.8) is 0 Å². The molecule has 0 N–H and O–H groups in total. The number of halogens is 1. The fourth-order valence-electron chi connectivity index (χ4n) is 1.98. The van der Waals surface area contributed by atoms with Crippen molar-refractivity contribution in [2.24, 2.45) is 0 Å². The Kier molecular flexibility index (Phi) is 8.51. The van der Waals surface area contributed by atoms with Crippen LogP contribution in [-0.4, -0.2) is 29.2 Å². The van der Waals surface area contributed by atoms with Gasteiger partial charge in [-0.05, 0) is 25.7 Å². The first-order valence-electron chi connectivity index (χ1n) is 5.49. The van der Waals surface area contributed by atoms with E-state index in [-0.39, 0.29) is 40.0 Å². The van der Waals surface area contributed by atoms with E-state index in [1.54, 1.807) is 0 Å². The minimum Gasteiger partial charge on any atom is -1.00 e. The van der Waals surface area contributed by atoms with Crippen LogP contribution in [0.1, 0.15) is 37.7 Å². The van der Waals surface area contributed by atoms with E-state index in [1.807, 2.05) is 12.1 Å². The van der Waals surface area contributed by atoms with Crippen molar-refractivity contribution in [2.45, 2.75) is 45.1 Å². The van der Waals surface area contributed by atoms with E-state index in [0.29, 0.717) is 6.10 Å². The van der Waals surface area contributed by atoms with E-state index >= 15 is 0 Å². The van der Waals surface area contributed by atoms with Gasteiger partial charge in [-0.25, -0.2) is 0 Å². The monoisotopic (exact) mass is 292 g/mol. The van der Waals surface area contributed by atoms with Gasteiger partial charge in [0, 0.05) is 5.75 Å². The van der Waals surface area contributed by atoms with Crippen LogP contribution in [-0.2, 0) is 0 Å². The van der Waals surface area contributed by atoms with Crippen LogP contribution in [0.3, 0.4) is 0 Å². The van der Waals surface area contributed by atoms with Crippen LogP contribution in [0, 0.1) is 13.0 Å². The number of hydrogen-bond acceptors (Lipinski definition) is 1. The molecule has 0 unspecified atom stereocenters. The summed E-state index contributed by atoms with van der Waals surface area (Å²) < 4.78 is 5.95. The molecule has 0 atom stereocenters. The van der Waals surface area contributed by atoms with E-state index in [1.165, 1.54) is 37.7 Å². The Hall–Kier alpha value is 0.266. The number of hydrogen-bond donors (Lipinski definition) is 0. The van der Waals surface area contributed by atoms with Gasteiger partial charge in [-0.15, -0.1) is 11.6 Å². The van der Waals surface area contributed by atoms with E-state index in [2.05, 4.69) is 19.1 Å². The van der Waals surface area contributed by atoms with Gasteiger partial charge in [0.1, 0.15) is 0 Å². The van der Waals surface area contributed by atoms with Crippen molar-refractivity contribution in [3.05, 3.63) is 29.8 Å². The molecule has 1 aromatic carbocycles. The first-order chi connectivity index (χ1) is 6.86. The largest absolute Gasteiger partial charge is 2.00 e. The van der Waals surface area contributed by atoms with Crippen LogP contribution in [0.4, 0.5) is 0 Å². The molecule has 0 saturated heterocycles. The summed E-state index contributed by atoms with van der Waals surface area (Å²) >= 11 is 0. The molecule has 1 aromatic rings. The second-order valence-corrected chi connectivity index (χ2v) is 4.07. The van der Waals surface area contributed by atoms with E-state index in [0.717, 1.165) is 5.75 Å². The third-order valence-electron chi connectivity index (χ3n) is 2.88. The first kappa shape index (κ1) is 16.3. The minimum atomic E-state index is 0. The molecule has 1 saturated carbocycles. The molecule has 2 rings (SSSR count). The van der Waals surface area contributed by atoms with Crippen LogP contribution in [0.2, 0.25) is 0 Å². The summed E-state index contributed by atoms with van der Waals surface area (Å²) in [5.41, 5.74) is 1.22. The van der Waals surface area contributed by atoms with Crippen molar-refractivity contribution in [3.8, 4) is 5.75 Å². The zero-order valence-electron chi connectivity index (χ0n) is 9.84. The van der Waals surface area contributed by atoms with Gasteiger partial charge in [0.25, 0.3) is 0 Å². The van der Waals surface area contributed by atoms with Crippen LogP contribution in [0.5, 0.6) is 5.75 Å². The fraction of sp³-hybridized carbons (Fsp3) is 0.538. The predicted octanol–water partition coefficient (Wildman–Crippen LogP) is 0.130. The maximum Gasteiger partial charge on any atom is 2.00 e. The standard InChI is InChI=1S/C13H17O.BrH.Mg/c1-11-7-5-6-10-13(11)14-12-8-3-2-4-9-12;;/h5,7,10,12H,2-4,8-9H2,1H3;1H;/q-1;;+2/p-1. The summed E-state index contributed by atoms with van der Waals surface area (Å²) in [6, 6.07) is 9.00. The third kappa shape index (κ3) is 4.64. The average molecular weight is 293 g/mol. The van der Waals surface area contributed by atoms with Crippen LogP contribution < -0.4 is 21.7 Å². The van der Waals surface area contributed by atoms with E-state index in [4.69, 9.17) is 4.74 Å². The summed E-state index contributed by atoms with van der Waals surface area (Å²) in [7, 11) is 0. The zero-order chi connectivity index (χ0) is 9.80. The number of ether oxygens (including phenoxy) is 1. The quantitative estimate of drug-likeness (QED) is 0.556. The Morgan fingerprint density at radius 2 is 1.94 bits per heavy atom.